The van der Waals surface area contributed by atoms with Gasteiger partial charge >= 0.3 is 0 Å². The standard InChI is InChI=1S/C17H27N3/c1-19-2-3-20(16(10-18)11-19)12-17-7-13-4-14(8-17)6-15(5-13)9-17/h13-16H,2-9,11-12H2,1H3. The SMILES string of the molecule is CN1CCN(CC23CC4CC(CC(C4)C2)C3)C(C#N)C1. The molecular weight excluding hydrogens is 246 g/mol. The molecule has 110 valence electrons. The number of nitriles is 1. The highest BCUT2D eigenvalue weighted by atomic mass is 15.3. The first kappa shape index (κ1) is 13.1. The van der Waals surface area contributed by atoms with Crippen molar-refractivity contribution < 1.29 is 0 Å². The van der Waals surface area contributed by atoms with Crippen molar-refractivity contribution in [2.45, 2.75) is 44.6 Å². The van der Waals surface area contributed by atoms with E-state index in [4.69, 9.17) is 0 Å². The monoisotopic (exact) mass is 273 g/mol. The van der Waals surface area contributed by atoms with E-state index in [-0.39, 0.29) is 6.04 Å². The summed E-state index contributed by atoms with van der Waals surface area (Å²) in [7, 11) is 2.15. The molecule has 5 rings (SSSR count). The predicted octanol–water partition coefficient (Wildman–Crippen LogP) is 2.34. The zero-order valence-corrected chi connectivity index (χ0v) is 12.7. The average molecular weight is 273 g/mol. The van der Waals surface area contributed by atoms with E-state index in [1.807, 2.05) is 0 Å². The van der Waals surface area contributed by atoms with E-state index in [1.54, 1.807) is 0 Å². The fourth-order valence-corrected chi connectivity index (χ4v) is 6.18. The average Bonchev–Trinajstić information content (AvgIpc) is 2.39. The maximum Gasteiger partial charge on any atom is 0.111 e. The van der Waals surface area contributed by atoms with Crippen LogP contribution < -0.4 is 0 Å². The number of likely N-dealkylation sites (N-methyl/N-ethyl adjacent to an activating group) is 1. The number of nitrogens with zero attached hydrogens (tertiary/aromatic N) is 3. The first-order chi connectivity index (χ1) is 9.66. The summed E-state index contributed by atoms with van der Waals surface area (Å²) in [4.78, 5) is 4.83. The third-order valence-corrected chi connectivity index (χ3v) is 6.55. The summed E-state index contributed by atoms with van der Waals surface area (Å²) >= 11 is 0. The Morgan fingerprint density at radius 2 is 1.65 bits per heavy atom. The van der Waals surface area contributed by atoms with E-state index < -0.39 is 0 Å². The summed E-state index contributed by atoms with van der Waals surface area (Å²) in [5.41, 5.74) is 0.583. The van der Waals surface area contributed by atoms with Gasteiger partial charge in [-0.1, -0.05) is 0 Å². The van der Waals surface area contributed by atoms with Gasteiger partial charge in [0.05, 0.1) is 6.07 Å². The molecule has 0 amide bonds. The Labute approximate surface area is 122 Å². The lowest BCUT2D eigenvalue weighted by atomic mass is 9.49. The Morgan fingerprint density at radius 3 is 2.20 bits per heavy atom. The van der Waals surface area contributed by atoms with Gasteiger partial charge in [-0.05, 0) is 68.7 Å². The Kier molecular flexibility index (Phi) is 3.09. The van der Waals surface area contributed by atoms with Gasteiger partial charge in [0.15, 0.2) is 0 Å². The van der Waals surface area contributed by atoms with Crippen molar-refractivity contribution in [3.63, 3.8) is 0 Å². The first-order valence-corrected chi connectivity index (χ1v) is 8.48. The van der Waals surface area contributed by atoms with Gasteiger partial charge in [-0.2, -0.15) is 5.26 Å². The molecule has 4 bridgehead atoms. The molecule has 0 aromatic rings. The molecule has 1 saturated heterocycles. The Balaban J connectivity index is 1.49. The first-order valence-electron chi connectivity index (χ1n) is 8.48. The molecule has 5 aliphatic rings. The van der Waals surface area contributed by atoms with Crippen LogP contribution in [-0.2, 0) is 0 Å². The summed E-state index contributed by atoms with van der Waals surface area (Å²) in [6.45, 7) is 4.37. The van der Waals surface area contributed by atoms with Crippen molar-refractivity contribution in [2.75, 3.05) is 33.2 Å². The van der Waals surface area contributed by atoms with Gasteiger partial charge in [0.25, 0.3) is 0 Å². The number of piperazine rings is 1. The second-order valence-corrected chi connectivity index (χ2v) is 8.30. The largest absolute Gasteiger partial charge is 0.302 e. The Morgan fingerprint density at radius 1 is 1.05 bits per heavy atom. The summed E-state index contributed by atoms with van der Waals surface area (Å²) < 4.78 is 0. The van der Waals surface area contributed by atoms with Crippen molar-refractivity contribution in [3.05, 3.63) is 0 Å². The zero-order valence-electron chi connectivity index (χ0n) is 12.7. The maximum atomic E-state index is 9.47. The van der Waals surface area contributed by atoms with Crippen LogP contribution in [0.5, 0.6) is 0 Å². The topological polar surface area (TPSA) is 30.3 Å². The highest BCUT2D eigenvalue weighted by Crippen LogP contribution is 2.60. The summed E-state index contributed by atoms with van der Waals surface area (Å²) in [6.07, 6.45) is 8.94. The normalized spacial score (nSPS) is 48.4. The molecule has 4 saturated carbocycles. The Bertz CT molecular complexity index is 389. The fourth-order valence-electron chi connectivity index (χ4n) is 6.18. The molecular formula is C17H27N3. The molecule has 20 heavy (non-hydrogen) atoms. The number of hydrogen-bond acceptors (Lipinski definition) is 3. The van der Waals surface area contributed by atoms with Crippen LogP contribution >= 0.6 is 0 Å². The molecule has 0 N–H and O–H groups in total. The number of rotatable bonds is 2. The van der Waals surface area contributed by atoms with E-state index in [9.17, 15) is 5.26 Å². The summed E-state index contributed by atoms with van der Waals surface area (Å²) in [5, 5.41) is 9.47. The van der Waals surface area contributed by atoms with Gasteiger partial charge in [-0.3, -0.25) is 4.90 Å². The van der Waals surface area contributed by atoms with Crippen LogP contribution in [0.25, 0.3) is 0 Å². The van der Waals surface area contributed by atoms with Crippen LogP contribution in [-0.4, -0.2) is 49.1 Å². The molecule has 3 heteroatoms. The molecule has 5 fully saturated rings. The van der Waals surface area contributed by atoms with Gasteiger partial charge in [-0.15, -0.1) is 0 Å². The minimum atomic E-state index is 0.127. The molecule has 1 atom stereocenters. The molecule has 1 unspecified atom stereocenters. The second-order valence-electron chi connectivity index (χ2n) is 8.30. The van der Waals surface area contributed by atoms with Crippen LogP contribution in [0.3, 0.4) is 0 Å². The van der Waals surface area contributed by atoms with E-state index >= 15 is 0 Å². The molecule has 0 radical (unpaired) electrons. The quantitative estimate of drug-likeness (QED) is 0.773. The molecule has 1 aliphatic heterocycles. The highest BCUT2D eigenvalue weighted by molar-refractivity contribution is 5.05. The summed E-state index contributed by atoms with van der Waals surface area (Å²) in [6, 6.07) is 2.68. The lowest BCUT2D eigenvalue weighted by Gasteiger charge is -2.58. The van der Waals surface area contributed by atoms with Crippen LogP contribution in [0.4, 0.5) is 0 Å². The van der Waals surface area contributed by atoms with Crippen molar-refractivity contribution in [1.82, 2.24) is 9.80 Å². The molecule has 3 nitrogen and oxygen atoms in total. The molecule has 4 aliphatic carbocycles. The lowest BCUT2D eigenvalue weighted by molar-refractivity contribution is -0.0772. The highest BCUT2D eigenvalue weighted by Gasteiger charge is 2.51. The van der Waals surface area contributed by atoms with Crippen LogP contribution in [0.2, 0.25) is 0 Å². The van der Waals surface area contributed by atoms with Gasteiger partial charge < -0.3 is 4.90 Å². The van der Waals surface area contributed by atoms with E-state index in [0.29, 0.717) is 5.41 Å². The molecule has 0 spiro atoms. The molecule has 0 aromatic heterocycles. The van der Waals surface area contributed by atoms with E-state index in [2.05, 4.69) is 22.9 Å². The van der Waals surface area contributed by atoms with Crippen LogP contribution in [0.15, 0.2) is 0 Å². The molecule has 0 aromatic carbocycles. The smallest absolute Gasteiger partial charge is 0.111 e. The molecule has 1 heterocycles. The van der Waals surface area contributed by atoms with E-state index in [1.165, 1.54) is 45.1 Å². The van der Waals surface area contributed by atoms with Crippen molar-refractivity contribution in [1.29, 1.82) is 5.26 Å². The minimum Gasteiger partial charge on any atom is -0.302 e. The predicted molar refractivity (Wildman–Crippen MR) is 79.1 cm³/mol. The minimum absolute atomic E-state index is 0.127. The Hall–Kier alpha value is -0.590. The second kappa shape index (κ2) is 4.71. The van der Waals surface area contributed by atoms with Crippen LogP contribution in [0, 0.1) is 34.5 Å². The summed E-state index contributed by atoms with van der Waals surface area (Å²) in [5.74, 6) is 3.07. The van der Waals surface area contributed by atoms with Crippen LogP contribution in [0.1, 0.15) is 38.5 Å². The van der Waals surface area contributed by atoms with Crippen molar-refractivity contribution in [3.8, 4) is 6.07 Å². The zero-order chi connectivity index (χ0) is 13.7. The van der Waals surface area contributed by atoms with Gasteiger partial charge in [0.2, 0.25) is 0 Å². The van der Waals surface area contributed by atoms with Crippen molar-refractivity contribution >= 4 is 0 Å². The van der Waals surface area contributed by atoms with Gasteiger partial charge in [-0.25, -0.2) is 0 Å². The fraction of sp³-hybridized carbons (Fsp3) is 0.941. The van der Waals surface area contributed by atoms with E-state index in [0.717, 1.165) is 37.4 Å². The van der Waals surface area contributed by atoms with Gasteiger partial charge in [0, 0.05) is 26.2 Å². The van der Waals surface area contributed by atoms with Gasteiger partial charge in [0.1, 0.15) is 6.04 Å². The maximum absolute atomic E-state index is 9.47. The van der Waals surface area contributed by atoms with Crippen molar-refractivity contribution in [2.24, 2.45) is 23.2 Å². The lowest BCUT2D eigenvalue weighted by Crippen LogP contribution is -2.57. The third-order valence-electron chi connectivity index (χ3n) is 6.55. The number of hydrogen-bond donors (Lipinski definition) is 0. The third kappa shape index (κ3) is 2.18.